The predicted octanol–water partition coefficient (Wildman–Crippen LogP) is 1.83. The smallest absolute Gasteiger partial charge is 0.167 e. The van der Waals surface area contributed by atoms with Crippen LogP contribution in [0.25, 0.3) is 21.9 Å². The lowest BCUT2D eigenvalue weighted by Crippen LogP contribution is -2.35. The van der Waals surface area contributed by atoms with Gasteiger partial charge < -0.3 is 25.4 Å². The van der Waals surface area contributed by atoms with Crippen molar-refractivity contribution in [3.8, 4) is 0 Å². The zero-order valence-corrected chi connectivity index (χ0v) is 17.4. The minimum atomic E-state index is -0.987. The number of hydrogen-bond acceptors (Lipinski definition) is 8. The fraction of sp³-hybridized carbons (Fsp3) is 0.348. The Kier molecular flexibility index (Phi) is 5.71. The molecule has 0 spiro atoms. The van der Waals surface area contributed by atoms with Gasteiger partial charge in [-0.15, -0.1) is 0 Å². The fourth-order valence-corrected chi connectivity index (χ4v) is 4.32. The normalized spacial score (nSPS) is 23.3. The fourth-order valence-electron chi connectivity index (χ4n) is 4.32. The third-order valence-corrected chi connectivity index (χ3v) is 5.93. The lowest BCUT2D eigenvalue weighted by atomic mass is 10.0. The van der Waals surface area contributed by atoms with E-state index in [1.165, 1.54) is 22.7 Å². The summed E-state index contributed by atoms with van der Waals surface area (Å²) in [6, 6.07) is 14.6. The highest BCUT2D eigenvalue weighted by Crippen LogP contribution is 2.34. The molecule has 0 aliphatic carbocycles. The number of nitrogen functional groups attached to an aromatic ring is 1. The van der Waals surface area contributed by atoms with Crippen molar-refractivity contribution < 1.29 is 19.7 Å². The number of aliphatic hydroxyl groups excluding tert-OH is 2. The van der Waals surface area contributed by atoms with Crippen LogP contribution in [-0.4, -0.2) is 61.3 Å². The van der Waals surface area contributed by atoms with Gasteiger partial charge >= 0.3 is 0 Å². The molecule has 4 aromatic rings. The van der Waals surface area contributed by atoms with Crippen molar-refractivity contribution in [2.75, 3.05) is 18.9 Å². The van der Waals surface area contributed by atoms with Crippen molar-refractivity contribution in [2.45, 2.75) is 37.4 Å². The molecular weight excluding hydrogens is 410 g/mol. The van der Waals surface area contributed by atoms with E-state index < -0.39 is 24.5 Å². The molecule has 4 atom stereocenters. The number of aliphatic hydroxyl groups is 2. The Hall–Kier alpha value is -3.11. The van der Waals surface area contributed by atoms with Crippen LogP contribution >= 0.6 is 0 Å². The maximum atomic E-state index is 10.7. The van der Waals surface area contributed by atoms with Crippen LogP contribution in [0.5, 0.6) is 0 Å². The number of ether oxygens (including phenoxy) is 2. The summed E-state index contributed by atoms with van der Waals surface area (Å²) in [5.74, 6) is 0.263. The van der Waals surface area contributed by atoms with Crippen LogP contribution in [0.3, 0.4) is 0 Å². The SMILES string of the molecule is Nc1ncnc2c1ncn2[C@@H]1O[C@H](CO)[C@@H](O)[C@H]1OCCCc1cccc2ccccc12. The molecule has 32 heavy (non-hydrogen) atoms. The van der Waals surface area contributed by atoms with E-state index in [1.807, 2.05) is 12.1 Å². The molecule has 3 heterocycles. The van der Waals surface area contributed by atoms with Gasteiger partial charge in [-0.2, -0.15) is 0 Å². The molecule has 1 aliphatic rings. The second-order valence-electron chi connectivity index (χ2n) is 7.90. The Bertz CT molecular complexity index is 1220. The Morgan fingerprint density at radius 1 is 1.09 bits per heavy atom. The Morgan fingerprint density at radius 3 is 2.81 bits per heavy atom. The van der Waals surface area contributed by atoms with Crippen LogP contribution in [-0.2, 0) is 15.9 Å². The van der Waals surface area contributed by atoms with Gasteiger partial charge in [0, 0.05) is 6.61 Å². The Balaban J connectivity index is 1.31. The summed E-state index contributed by atoms with van der Waals surface area (Å²) >= 11 is 0. The van der Waals surface area contributed by atoms with Gasteiger partial charge in [0.2, 0.25) is 0 Å². The maximum Gasteiger partial charge on any atom is 0.167 e. The molecule has 1 saturated heterocycles. The van der Waals surface area contributed by atoms with Crippen LogP contribution < -0.4 is 5.73 Å². The molecule has 9 nitrogen and oxygen atoms in total. The van der Waals surface area contributed by atoms with Crippen LogP contribution in [0.1, 0.15) is 18.2 Å². The largest absolute Gasteiger partial charge is 0.394 e. The zero-order chi connectivity index (χ0) is 22.1. The second-order valence-corrected chi connectivity index (χ2v) is 7.90. The molecule has 4 N–H and O–H groups in total. The first kappa shape index (κ1) is 20.8. The molecule has 9 heteroatoms. The van der Waals surface area contributed by atoms with Gasteiger partial charge in [0.05, 0.1) is 12.9 Å². The van der Waals surface area contributed by atoms with Crippen molar-refractivity contribution in [3.63, 3.8) is 0 Å². The molecule has 0 unspecified atom stereocenters. The quantitative estimate of drug-likeness (QED) is 0.375. The number of aryl methyl sites for hydroxylation is 1. The van der Waals surface area contributed by atoms with E-state index in [9.17, 15) is 10.2 Å². The van der Waals surface area contributed by atoms with E-state index in [4.69, 9.17) is 15.2 Å². The monoisotopic (exact) mass is 435 g/mol. The zero-order valence-electron chi connectivity index (χ0n) is 17.4. The highest BCUT2D eigenvalue weighted by molar-refractivity contribution is 5.85. The number of imidazole rings is 1. The number of fused-ring (bicyclic) bond motifs is 2. The topological polar surface area (TPSA) is 129 Å². The minimum absolute atomic E-state index is 0.263. The lowest BCUT2D eigenvalue weighted by Gasteiger charge is -2.22. The van der Waals surface area contributed by atoms with Gasteiger partial charge in [-0.25, -0.2) is 15.0 Å². The van der Waals surface area contributed by atoms with Gasteiger partial charge in [-0.3, -0.25) is 4.57 Å². The van der Waals surface area contributed by atoms with Crippen molar-refractivity contribution in [2.24, 2.45) is 0 Å². The van der Waals surface area contributed by atoms with Crippen molar-refractivity contribution in [3.05, 3.63) is 60.7 Å². The van der Waals surface area contributed by atoms with Gasteiger partial charge in [0.15, 0.2) is 17.7 Å². The van der Waals surface area contributed by atoms with E-state index in [-0.39, 0.29) is 12.4 Å². The molecule has 0 saturated carbocycles. The van der Waals surface area contributed by atoms with E-state index in [2.05, 4.69) is 45.3 Å². The molecule has 5 rings (SSSR count). The molecule has 0 amide bonds. The minimum Gasteiger partial charge on any atom is -0.394 e. The summed E-state index contributed by atoms with van der Waals surface area (Å²) in [6.45, 7) is 0.101. The number of anilines is 1. The molecule has 0 radical (unpaired) electrons. The average molecular weight is 435 g/mol. The van der Waals surface area contributed by atoms with E-state index in [1.54, 1.807) is 10.9 Å². The number of aromatic nitrogens is 4. The highest BCUT2D eigenvalue weighted by Gasteiger charge is 2.45. The number of benzene rings is 2. The molecule has 0 bridgehead atoms. The van der Waals surface area contributed by atoms with Crippen LogP contribution in [0.15, 0.2) is 55.1 Å². The molecule has 1 aliphatic heterocycles. The number of nitrogens with zero attached hydrogens (tertiary/aromatic N) is 4. The van der Waals surface area contributed by atoms with Crippen LogP contribution in [0.2, 0.25) is 0 Å². The van der Waals surface area contributed by atoms with Crippen LogP contribution in [0, 0.1) is 0 Å². The molecular formula is C23H25N5O4. The summed E-state index contributed by atoms with van der Waals surface area (Å²) in [5.41, 5.74) is 8.08. The molecule has 2 aromatic heterocycles. The summed E-state index contributed by atoms with van der Waals surface area (Å²) in [4.78, 5) is 12.5. The van der Waals surface area contributed by atoms with Crippen molar-refractivity contribution in [1.82, 2.24) is 19.5 Å². The summed E-state index contributed by atoms with van der Waals surface area (Å²) < 4.78 is 13.7. The third kappa shape index (κ3) is 3.69. The first-order valence-corrected chi connectivity index (χ1v) is 10.6. The second kappa shape index (κ2) is 8.79. The number of rotatable bonds is 7. The summed E-state index contributed by atoms with van der Waals surface area (Å²) in [6.07, 6.45) is 1.38. The van der Waals surface area contributed by atoms with Gasteiger partial charge in [0.1, 0.15) is 30.2 Å². The third-order valence-electron chi connectivity index (χ3n) is 5.93. The Labute approximate surface area is 184 Å². The van der Waals surface area contributed by atoms with Crippen molar-refractivity contribution >= 4 is 27.8 Å². The van der Waals surface area contributed by atoms with E-state index >= 15 is 0 Å². The molecule has 166 valence electrons. The van der Waals surface area contributed by atoms with Gasteiger partial charge in [-0.1, -0.05) is 42.5 Å². The van der Waals surface area contributed by atoms with Gasteiger partial charge in [0.25, 0.3) is 0 Å². The first-order chi connectivity index (χ1) is 15.7. The van der Waals surface area contributed by atoms with E-state index in [0.29, 0.717) is 17.8 Å². The van der Waals surface area contributed by atoms with E-state index in [0.717, 1.165) is 12.8 Å². The number of hydrogen-bond donors (Lipinski definition) is 3. The van der Waals surface area contributed by atoms with Gasteiger partial charge in [-0.05, 0) is 29.2 Å². The molecule has 2 aromatic carbocycles. The maximum absolute atomic E-state index is 10.7. The highest BCUT2D eigenvalue weighted by atomic mass is 16.6. The summed E-state index contributed by atoms with van der Waals surface area (Å²) in [5, 5.41) is 22.8. The Morgan fingerprint density at radius 2 is 1.94 bits per heavy atom. The number of nitrogens with two attached hydrogens (primary N) is 1. The van der Waals surface area contributed by atoms with Crippen LogP contribution in [0.4, 0.5) is 5.82 Å². The predicted molar refractivity (Wildman–Crippen MR) is 119 cm³/mol. The summed E-state index contributed by atoms with van der Waals surface area (Å²) in [7, 11) is 0. The van der Waals surface area contributed by atoms with Crippen molar-refractivity contribution in [1.29, 1.82) is 0 Å². The molecule has 1 fully saturated rings. The first-order valence-electron chi connectivity index (χ1n) is 10.6. The average Bonchev–Trinajstić information content (AvgIpc) is 3.38. The lowest BCUT2D eigenvalue weighted by molar-refractivity contribution is -0.0708. The standard InChI is InChI=1S/C23H25N5O4/c24-21-18-22(26-12-25-21)28(13-27-18)23-20(19(30)17(11-29)32-23)31-10-4-8-15-7-3-6-14-5-1-2-9-16(14)15/h1-3,5-7,9,12-13,17,19-20,23,29-30H,4,8,10-11H2,(H2,24,25,26)/t17-,19-,20-,23-/m1/s1.